The number of phenolic OH excluding ortho intramolecular Hbond substituents is 2. The summed E-state index contributed by atoms with van der Waals surface area (Å²) in [7, 11) is 0. The Kier molecular flexibility index (Phi) is 3.93. The SMILES string of the molecule is O=C(NCCO)c1cc(O)c(Br)c(O)c1. The van der Waals surface area contributed by atoms with E-state index in [0.717, 1.165) is 0 Å². The lowest BCUT2D eigenvalue weighted by Crippen LogP contribution is -2.26. The second-order valence-corrected chi connectivity index (χ2v) is 3.60. The number of aliphatic hydroxyl groups excluding tert-OH is 1. The molecule has 0 aliphatic heterocycles. The minimum Gasteiger partial charge on any atom is -0.507 e. The lowest BCUT2D eigenvalue weighted by atomic mass is 10.2. The van der Waals surface area contributed by atoms with Gasteiger partial charge in [0.2, 0.25) is 0 Å². The number of halogens is 1. The number of hydrogen-bond acceptors (Lipinski definition) is 4. The maximum absolute atomic E-state index is 11.4. The topological polar surface area (TPSA) is 89.8 Å². The molecule has 1 rings (SSSR count). The highest BCUT2D eigenvalue weighted by atomic mass is 79.9. The van der Waals surface area contributed by atoms with Gasteiger partial charge in [-0.15, -0.1) is 0 Å². The van der Waals surface area contributed by atoms with Crippen LogP contribution in [0.2, 0.25) is 0 Å². The molecule has 0 unspecified atom stereocenters. The van der Waals surface area contributed by atoms with E-state index >= 15 is 0 Å². The number of carbonyl (C=O) groups is 1. The fourth-order valence-electron chi connectivity index (χ4n) is 0.997. The lowest BCUT2D eigenvalue weighted by molar-refractivity contribution is 0.0944. The summed E-state index contributed by atoms with van der Waals surface area (Å²) in [5, 5.41) is 29.5. The van der Waals surface area contributed by atoms with Crippen LogP contribution in [-0.4, -0.2) is 34.4 Å². The quantitative estimate of drug-likeness (QED) is 0.650. The van der Waals surface area contributed by atoms with Gasteiger partial charge < -0.3 is 20.6 Å². The smallest absolute Gasteiger partial charge is 0.251 e. The average Bonchev–Trinajstić information content (AvgIpc) is 2.21. The first-order valence-corrected chi connectivity index (χ1v) is 4.96. The molecule has 4 N–H and O–H groups in total. The average molecular weight is 276 g/mol. The van der Waals surface area contributed by atoms with Gasteiger partial charge in [0.1, 0.15) is 16.0 Å². The van der Waals surface area contributed by atoms with E-state index in [1.165, 1.54) is 12.1 Å². The molecule has 0 fully saturated rings. The van der Waals surface area contributed by atoms with Crippen molar-refractivity contribution >= 4 is 21.8 Å². The largest absolute Gasteiger partial charge is 0.507 e. The summed E-state index contributed by atoms with van der Waals surface area (Å²) in [6.45, 7) is -0.0450. The van der Waals surface area contributed by atoms with E-state index in [0.29, 0.717) is 0 Å². The Morgan fingerprint density at radius 3 is 2.33 bits per heavy atom. The van der Waals surface area contributed by atoms with Crippen LogP contribution in [0.15, 0.2) is 16.6 Å². The zero-order valence-electron chi connectivity index (χ0n) is 7.70. The van der Waals surface area contributed by atoms with Crippen LogP contribution >= 0.6 is 15.9 Å². The van der Waals surface area contributed by atoms with Crippen LogP contribution in [0.25, 0.3) is 0 Å². The summed E-state index contributed by atoms with van der Waals surface area (Å²) in [6.07, 6.45) is 0. The third-order valence-corrected chi connectivity index (χ3v) is 2.51. The highest BCUT2D eigenvalue weighted by Gasteiger charge is 2.11. The van der Waals surface area contributed by atoms with E-state index in [2.05, 4.69) is 21.2 Å². The molecule has 0 bridgehead atoms. The van der Waals surface area contributed by atoms with Crippen LogP contribution in [0, 0.1) is 0 Å². The summed E-state index contributed by atoms with van der Waals surface area (Å²) in [5.41, 5.74) is 0.127. The minimum absolute atomic E-state index is 0.121. The highest BCUT2D eigenvalue weighted by Crippen LogP contribution is 2.33. The molecule has 1 amide bonds. The standard InChI is InChI=1S/C9H10BrNO4/c10-8-6(13)3-5(4-7(8)14)9(15)11-1-2-12/h3-4,12-14H,1-2H2,(H,11,15). The number of hydrogen-bond donors (Lipinski definition) is 4. The molecule has 1 aromatic rings. The Hall–Kier alpha value is -1.27. The number of benzene rings is 1. The van der Waals surface area contributed by atoms with Gasteiger partial charge in [0.15, 0.2) is 0 Å². The van der Waals surface area contributed by atoms with E-state index in [1.54, 1.807) is 0 Å². The van der Waals surface area contributed by atoms with Gasteiger partial charge in [-0.2, -0.15) is 0 Å². The predicted octanol–water partition coefficient (Wildman–Crippen LogP) is 0.582. The van der Waals surface area contributed by atoms with Crippen molar-refractivity contribution in [2.45, 2.75) is 0 Å². The lowest BCUT2D eigenvalue weighted by Gasteiger charge is -2.06. The Labute approximate surface area is 94.5 Å². The van der Waals surface area contributed by atoms with Crippen LogP contribution in [0.1, 0.15) is 10.4 Å². The summed E-state index contributed by atoms with van der Waals surface area (Å²) in [6, 6.07) is 2.44. The number of phenols is 2. The van der Waals surface area contributed by atoms with Gasteiger partial charge in [0.25, 0.3) is 5.91 Å². The van der Waals surface area contributed by atoms with Crippen molar-refractivity contribution in [1.29, 1.82) is 0 Å². The normalized spacial score (nSPS) is 10.0. The Morgan fingerprint density at radius 1 is 1.33 bits per heavy atom. The molecule has 1 aromatic carbocycles. The molecule has 0 saturated heterocycles. The number of aliphatic hydroxyl groups is 1. The van der Waals surface area contributed by atoms with Crippen LogP contribution in [0.5, 0.6) is 11.5 Å². The molecule has 0 aliphatic rings. The third-order valence-electron chi connectivity index (χ3n) is 1.69. The minimum atomic E-state index is -0.470. The van der Waals surface area contributed by atoms with E-state index in [9.17, 15) is 15.0 Å². The Morgan fingerprint density at radius 2 is 1.87 bits per heavy atom. The number of rotatable bonds is 3. The van der Waals surface area contributed by atoms with Gasteiger partial charge in [-0.25, -0.2) is 0 Å². The summed E-state index contributed by atoms with van der Waals surface area (Å²) < 4.78 is 0.140. The van der Waals surface area contributed by atoms with Crippen molar-refractivity contribution in [2.24, 2.45) is 0 Å². The van der Waals surface area contributed by atoms with Crippen molar-refractivity contribution in [3.63, 3.8) is 0 Å². The number of aromatic hydroxyl groups is 2. The molecule has 0 aliphatic carbocycles. The molecule has 0 saturated carbocycles. The van der Waals surface area contributed by atoms with Crippen LogP contribution in [0.3, 0.4) is 0 Å². The van der Waals surface area contributed by atoms with Crippen LogP contribution in [-0.2, 0) is 0 Å². The summed E-state index contributed by atoms with van der Waals surface area (Å²) in [4.78, 5) is 11.4. The molecular weight excluding hydrogens is 266 g/mol. The first-order chi connectivity index (χ1) is 7.06. The Balaban J connectivity index is 2.91. The molecule has 0 aromatic heterocycles. The molecule has 5 nitrogen and oxygen atoms in total. The van der Waals surface area contributed by atoms with Crippen LogP contribution < -0.4 is 5.32 Å². The highest BCUT2D eigenvalue weighted by molar-refractivity contribution is 9.10. The fourth-order valence-corrected chi connectivity index (χ4v) is 1.23. The van der Waals surface area contributed by atoms with Crippen molar-refractivity contribution in [1.82, 2.24) is 5.32 Å². The van der Waals surface area contributed by atoms with E-state index in [1.807, 2.05) is 0 Å². The van der Waals surface area contributed by atoms with E-state index < -0.39 is 5.91 Å². The summed E-state index contributed by atoms with van der Waals surface area (Å²) in [5.74, 6) is -0.907. The van der Waals surface area contributed by atoms with Gasteiger partial charge >= 0.3 is 0 Å². The van der Waals surface area contributed by atoms with Gasteiger partial charge in [0.05, 0.1) is 6.61 Å². The molecule has 0 heterocycles. The predicted molar refractivity (Wildman–Crippen MR) is 56.9 cm³/mol. The van der Waals surface area contributed by atoms with Crippen molar-refractivity contribution < 1.29 is 20.1 Å². The first-order valence-electron chi connectivity index (χ1n) is 4.16. The molecular formula is C9H10BrNO4. The fraction of sp³-hybridized carbons (Fsp3) is 0.222. The van der Waals surface area contributed by atoms with Crippen LogP contribution in [0.4, 0.5) is 0 Å². The molecule has 0 atom stereocenters. The summed E-state index contributed by atoms with van der Waals surface area (Å²) >= 11 is 2.94. The third kappa shape index (κ3) is 2.84. The molecule has 0 radical (unpaired) electrons. The second kappa shape index (κ2) is 4.99. The molecule has 15 heavy (non-hydrogen) atoms. The van der Waals surface area contributed by atoms with Gasteiger partial charge in [-0.05, 0) is 28.1 Å². The zero-order chi connectivity index (χ0) is 11.4. The van der Waals surface area contributed by atoms with Crippen molar-refractivity contribution in [2.75, 3.05) is 13.2 Å². The first kappa shape index (κ1) is 11.8. The second-order valence-electron chi connectivity index (χ2n) is 2.81. The number of carbonyl (C=O) groups excluding carboxylic acids is 1. The Bertz CT molecular complexity index is 357. The maximum Gasteiger partial charge on any atom is 0.251 e. The number of amides is 1. The van der Waals surface area contributed by atoms with Gasteiger partial charge in [-0.1, -0.05) is 0 Å². The van der Waals surface area contributed by atoms with E-state index in [4.69, 9.17) is 5.11 Å². The van der Waals surface area contributed by atoms with Gasteiger partial charge in [0, 0.05) is 12.1 Å². The number of nitrogens with one attached hydrogen (secondary N) is 1. The van der Waals surface area contributed by atoms with E-state index in [-0.39, 0.29) is 34.7 Å². The zero-order valence-corrected chi connectivity index (χ0v) is 9.28. The van der Waals surface area contributed by atoms with Crippen molar-refractivity contribution in [3.05, 3.63) is 22.2 Å². The maximum atomic E-state index is 11.4. The monoisotopic (exact) mass is 275 g/mol. The molecule has 0 spiro atoms. The molecule has 82 valence electrons. The molecule has 6 heteroatoms. The van der Waals surface area contributed by atoms with Gasteiger partial charge in [-0.3, -0.25) is 4.79 Å². The van der Waals surface area contributed by atoms with Crippen molar-refractivity contribution in [3.8, 4) is 11.5 Å².